The van der Waals surface area contributed by atoms with Crippen LogP contribution in [0.2, 0.25) is 0 Å². The molecule has 2 heteroatoms. The van der Waals surface area contributed by atoms with Crippen molar-refractivity contribution >= 4 is 5.69 Å². The Morgan fingerprint density at radius 3 is 2.12 bits per heavy atom. The lowest BCUT2D eigenvalue weighted by molar-refractivity contribution is 0.669. The normalized spacial score (nSPS) is 12.8. The molecular formula is C15H26N2. The van der Waals surface area contributed by atoms with E-state index >= 15 is 0 Å². The zero-order valence-electron chi connectivity index (χ0n) is 11.6. The Bertz CT molecular complexity index is 316. The second-order valence-electron chi connectivity index (χ2n) is 4.89. The smallest absolute Gasteiger partial charge is 0.0368 e. The Balaban J connectivity index is 2.84. The molecule has 1 aromatic carbocycles. The lowest BCUT2D eigenvalue weighted by Crippen LogP contribution is -2.31. The lowest BCUT2D eigenvalue weighted by Gasteiger charge is -2.29. The second kappa shape index (κ2) is 6.65. The number of anilines is 1. The predicted molar refractivity (Wildman–Crippen MR) is 76.4 cm³/mol. The molecule has 1 rings (SSSR count). The van der Waals surface area contributed by atoms with Gasteiger partial charge in [0.15, 0.2) is 0 Å². The van der Waals surface area contributed by atoms with Gasteiger partial charge < -0.3 is 10.6 Å². The Morgan fingerprint density at radius 1 is 1.12 bits per heavy atom. The van der Waals surface area contributed by atoms with Crippen LogP contribution in [0.3, 0.4) is 0 Å². The van der Waals surface area contributed by atoms with Gasteiger partial charge in [-0.2, -0.15) is 0 Å². The Morgan fingerprint density at radius 2 is 1.71 bits per heavy atom. The van der Waals surface area contributed by atoms with Gasteiger partial charge in [0.2, 0.25) is 0 Å². The van der Waals surface area contributed by atoms with E-state index in [4.69, 9.17) is 5.73 Å². The topological polar surface area (TPSA) is 29.3 Å². The van der Waals surface area contributed by atoms with Crippen LogP contribution >= 0.6 is 0 Å². The standard InChI is InChI=1S/C15H26N2/c1-5-11-17(12(3)4)14-9-7-13(8-10-14)15(16)6-2/h7-10,12,15H,5-6,11,16H2,1-4H3/t15-/m0/s1. The second-order valence-corrected chi connectivity index (χ2v) is 4.89. The van der Waals surface area contributed by atoms with E-state index in [1.54, 1.807) is 0 Å². The summed E-state index contributed by atoms with van der Waals surface area (Å²) < 4.78 is 0. The van der Waals surface area contributed by atoms with E-state index in [-0.39, 0.29) is 6.04 Å². The Labute approximate surface area is 106 Å². The van der Waals surface area contributed by atoms with E-state index in [2.05, 4.69) is 56.9 Å². The molecule has 0 amide bonds. The number of hydrogen-bond donors (Lipinski definition) is 1. The maximum absolute atomic E-state index is 6.03. The first-order valence-corrected chi connectivity index (χ1v) is 6.72. The molecule has 2 nitrogen and oxygen atoms in total. The lowest BCUT2D eigenvalue weighted by atomic mass is 10.0. The molecule has 0 heterocycles. The minimum Gasteiger partial charge on any atom is -0.369 e. The minimum atomic E-state index is 0.169. The van der Waals surface area contributed by atoms with Gasteiger partial charge in [0, 0.05) is 24.3 Å². The van der Waals surface area contributed by atoms with Crippen LogP contribution in [0.5, 0.6) is 0 Å². The fourth-order valence-corrected chi connectivity index (χ4v) is 2.08. The van der Waals surface area contributed by atoms with E-state index < -0.39 is 0 Å². The summed E-state index contributed by atoms with van der Waals surface area (Å²) in [7, 11) is 0. The van der Waals surface area contributed by atoms with Crippen LogP contribution in [0.1, 0.15) is 52.1 Å². The SMILES string of the molecule is CCCN(c1ccc([C@@H](N)CC)cc1)C(C)C. The fraction of sp³-hybridized carbons (Fsp3) is 0.600. The van der Waals surface area contributed by atoms with Crippen LogP contribution in [-0.4, -0.2) is 12.6 Å². The van der Waals surface area contributed by atoms with Gasteiger partial charge in [-0.05, 0) is 44.4 Å². The van der Waals surface area contributed by atoms with Crippen molar-refractivity contribution in [2.45, 2.75) is 52.6 Å². The first kappa shape index (κ1) is 14.0. The van der Waals surface area contributed by atoms with E-state index in [9.17, 15) is 0 Å². The Hall–Kier alpha value is -1.02. The maximum Gasteiger partial charge on any atom is 0.0368 e. The van der Waals surface area contributed by atoms with Crippen LogP contribution in [0.15, 0.2) is 24.3 Å². The van der Waals surface area contributed by atoms with Crippen molar-refractivity contribution in [3.8, 4) is 0 Å². The highest BCUT2D eigenvalue weighted by Gasteiger charge is 2.10. The average Bonchev–Trinajstić information content (AvgIpc) is 2.35. The summed E-state index contributed by atoms with van der Waals surface area (Å²) in [5.74, 6) is 0. The van der Waals surface area contributed by atoms with Gasteiger partial charge in [-0.3, -0.25) is 0 Å². The van der Waals surface area contributed by atoms with Crippen LogP contribution in [0.25, 0.3) is 0 Å². The van der Waals surface area contributed by atoms with Crippen molar-refractivity contribution in [3.63, 3.8) is 0 Å². The van der Waals surface area contributed by atoms with E-state index in [0.717, 1.165) is 13.0 Å². The molecule has 96 valence electrons. The monoisotopic (exact) mass is 234 g/mol. The third-order valence-electron chi connectivity index (χ3n) is 3.18. The van der Waals surface area contributed by atoms with Crippen molar-refractivity contribution in [1.29, 1.82) is 0 Å². The molecule has 0 saturated carbocycles. The first-order valence-electron chi connectivity index (χ1n) is 6.72. The predicted octanol–water partition coefficient (Wildman–Crippen LogP) is 3.72. The number of rotatable bonds is 6. The van der Waals surface area contributed by atoms with E-state index in [0.29, 0.717) is 6.04 Å². The van der Waals surface area contributed by atoms with Crippen molar-refractivity contribution in [1.82, 2.24) is 0 Å². The Kier molecular flexibility index (Phi) is 5.49. The third kappa shape index (κ3) is 3.74. The molecule has 0 bridgehead atoms. The number of nitrogens with two attached hydrogens (primary N) is 1. The zero-order chi connectivity index (χ0) is 12.8. The quantitative estimate of drug-likeness (QED) is 0.813. The summed E-state index contributed by atoms with van der Waals surface area (Å²) in [6.07, 6.45) is 2.16. The minimum absolute atomic E-state index is 0.169. The van der Waals surface area contributed by atoms with Crippen LogP contribution < -0.4 is 10.6 Å². The van der Waals surface area contributed by atoms with Crippen molar-refractivity contribution in [2.75, 3.05) is 11.4 Å². The summed E-state index contributed by atoms with van der Waals surface area (Å²) in [4.78, 5) is 2.43. The van der Waals surface area contributed by atoms with Gasteiger partial charge >= 0.3 is 0 Å². The van der Waals surface area contributed by atoms with Gasteiger partial charge in [-0.1, -0.05) is 26.0 Å². The number of benzene rings is 1. The average molecular weight is 234 g/mol. The van der Waals surface area contributed by atoms with Crippen LogP contribution in [0, 0.1) is 0 Å². The number of nitrogens with zero attached hydrogens (tertiary/aromatic N) is 1. The molecule has 0 aliphatic heterocycles. The molecule has 0 unspecified atom stereocenters. The molecule has 0 saturated heterocycles. The summed E-state index contributed by atoms with van der Waals surface area (Å²) >= 11 is 0. The first-order chi connectivity index (χ1) is 8.10. The summed E-state index contributed by atoms with van der Waals surface area (Å²) in [5.41, 5.74) is 8.56. The molecule has 2 N–H and O–H groups in total. The highest BCUT2D eigenvalue weighted by Crippen LogP contribution is 2.21. The van der Waals surface area contributed by atoms with Gasteiger partial charge in [-0.25, -0.2) is 0 Å². The maximum atomic E-state index is 6.03. The van der Waals surface area contributed by atoms with E-state index in [1.165, 1.54) is 17.7 Å². The molecule has 0 aromatic heterocycles. The van der Waals surface area contributed by atoms with Gasteiger partial charge in [0.05, 0.1) is 0 Å². The van der Waals surface area contributed by atoms with Gasteiger partial charge in [-0.15, -0.1) is 0 Å². The molecule has 0 aliphatic carbocycles. The molecule has 17 heavy (non-hydrogen) atoms. The molecule has 0 aliphatic rings. The van der Waals surface area contributed by atoms with Crippen molar-refractivity contribution in [3.05, 3.63) is 29.8 Å². The molecule has 1 aromatic rings. The fourth-order valence-electron chi connectivity index (χ4n) is 2.08. The highest BCUT2D eigenvalue weighted by atomic mass is 15.1. The molecule has 0 fully saturated rings. The van der Waals surface area contributed by atoms with Crippen molar-refractivity contribution < 1.29 is 0 Å². The van der Waals surface area contributed by atoms with E-state index in [1.807, 2.05) is 0 Å². The van der Waals surface area contributed by atoms with Crippen LogP contribution in [0.4, 0.5) is 5.69 Å². The molecule has 1 atom stereocenters. The molecular weight excluding hydrogens is 208 g/mol. The number of hydrogen-bond acceptors (Lipinski definition) is 2. The summed E-state index contributed by atoms with van der Waals surface area (Å²) in [6, 6.07) is 9.42. The van der Waals surface area contributed by atoms with Gasteiger partial charge in [0.1, 0.15) is 0 Å². The van der Waals surface area contributed by atoms with Crippen molar-refractivity contribution in [2.24, 2.45) is 5.73 Å². The molecule has 0 spiro atoms. The highest BCUT2D eigenvalue weighted by molar-refractivity contribution is 5.48. The van der Waals surface area contributed by atoms with Gasteiger partial charge in [0.25, 0.3) is 0 Å². The largest absolute Gasteiger partial charge is 0.369 e. The summed E-state index contributed by atoms with van der Waals surface area (Å²) in [6.45, 7) is 9.92. The summed E-state index contributed by atoms with van der Waals surface area (Å²) in [5, 5.41) is 0. The third-order valence-corrected chi connectivity index (χ3v) is 3.18. The van der Waals surface area contributed by atoms with Crippen LogP contribution in [-0.2, 0) is 0 Å². The zero-order valence-corrected chi connectivity index (χ0v) is 11.6. The molecule has 0 radical (unpaired) electrons.